The Bertz CT molecular complexity index is 902. The van der Waals surface area contributed by atoms with E-state index in [1.807, 2.05) is 12.1 Å². The predicted molar refractivity (Wildman–Crippen MR) is 104 cm³/mol. The maximum atomic E-state index is 12.9. The summed E-state index contributed by atoms with van der Waals surface area (Å²) in [6.45, 7) is 3.27. The second-order valence-corrected chi connectivity index (χ2v) is 8.73. The molecule has 2 aromatic rings. The second-order valence-electron chi connectivity index (χ2n) is 6.04. The molecular formula is C18H18Cl2N2O3S. The normalized spacial score (nSPS) is 15.9. The van der Waals surface area contributed by atoms with Crippen LogP contribution < -0.4 is 4.90 Å². The smallest absolute Gasteiger partial charge is 0.246 e. The first-order chi connectivity index (χ1) is 12.3. The topological polar surface area (TPSA) is 57.7 Å². The lowest BCUT2D eigenvalue weighted by molar-refractivity contribution is 0.101. The molecule has 1 aliphatic rings. The predicted octanol–water partition coefficient (Wildman–Crippen LogP) is 3.71. The fourth-order valence-electron chi connectivity index (χ4n) is 2.95. The first-order valence-corrected chi connectivity index (χ1v) is 10.3. The summed E-state index contributed by atoms with van der Waals surface area (Å²) in [7, 11) is -3.75. The van der Waals surface area contributed by atoms with Crippen LogP contribution in [0.4, 0.5) is 5.69 Å². The highest BCUT2D eigenvalue weighted by Gasteiger charge is 2.31. The lowest BCUT2D eigenvalue weighted by Crippen LogP contribution is -2.48. The van der Waals surface area contributed by atoms with Crippen LogP contribution in [0.2, 0.25) is 10.0 Å². The van der Waals surface area contributed by atoms with Crippen LogP contribution in [0, 0.1) is 0 Å². The first-order valence-electron chi connectivity index (χ1n) is 8.11. The Hall–Kier alpha value is -1.60. The quantitative estimate of drug-likeness (QED) is 0.718. The number of Topliss-reactive ketones (excluding diaryl/α,β-unsaturated/α-hetero) is 1. The molecule has 3 rings (SSSR count). The zero-order valence-electron chi connectivity index (χ0n) is 14.2. The Morgan fingerprint density at radius 2 is 1.46 bits per heavy atom. The third-order valence-electron chi connectivity index (χ3n) is 4.39. The molecule has 0 N–H and O–H groups in total. The molecule has 1 saturated heterocycles. The summed E-state index contributed by atoms with van der Waals surface area (Å²) in [6.07, 6.45) is 0. The van der Waals surface area contributed by atoms with Gasteiger partial charge in [-0.3, -0.25) is 4.79 Å². The number of sulfonamides is 1. The molecule has 0 spiro atoms. The van der Waals surface area contributed by atoms with Gasteiger partial charge in [-0.15, -0.1) is 0 Å². The summed E-state index contributed by atoms with van der Waals surface area (Å²) in [5, 5.41) is 0.250. The highest BCUT2D eigenvalue weighted by Crippen LogP contribution is 2.32. The molecule has 1 heterocycles. The van der Waals surface area contributed by atoms with E-state index >= 15 is 0 Å². The van der Waals surface area contributed by atoms with E-state index in [9.17, 15) is 13.2 Å². The minimum atomic E-state index is -3.75. The van der Waals surface area contributed by atoms with Crippen LogP contribution in [0.1, 0.15) is 17.3 Å². The van der Waals surface area contributed by atoms with Gasteiger partial charge in [0.1, 0.15) is 4.90 Å². The maximum absolute atomic E-state index is 12.9. The van der Waals surface area contributed by atoms with Gasteiger partial charge in [-0.25, -0.2) is 8.42 Å². The minimum absolute atomic E-state index is 0.0177. The van der Waals surface area contributed by atoms with Crippen molar-refractivity contribution >= 4 is 44.7 Å². The van der Waals surface area contributed by atoms with Crippen molar-refractivity contribution in [2.24, 2.45) is 0 Å². The van der Waals surface area contributed by atoms with Gasteiger partial charge < -0.3 is 4.90 Å². The fraction of sp³-hybridized carbons (Fsp3) is 0.278. The lowest BCUT2D eigenvalue weighted by atomic mass is 10.1. The Labute approximate surface area is 163 Å². The van der Waals surface area contributed by atoms with Crippen LogP contribution in [0.15, 0.2) is 47.4 Å². The van der Waals surface area contributed by atoms with E-state index in [0.29, 0.717) is 31.7 Å². The maximum Gasteiger partial charge on any atom is 0.246 e. The summed E-state index contributed by atoms with van der Waals surface area (Å²) < 4.78 is 27.2. The minimum Gasteiger partial charge on any atom is -0.369 e. The molecular weight excluding hydrogens is 395 g/mol. The number of carbonyl (C=O) groups excluding carboxylic acids is 1. The van der Waals surface area contributed by atoms with Gasteiger partial charge in [0.15, 0.2) is 5.78 Å². The molecule has 0 atom stereocenters. The van der Waals surface area contributed by atoms with Crippen molar-refractivity contribution in [1.29, 1.82) is 0 Å². The van der Waals surface area contributed by atoms with E-state index in [-0.39, 0.29) is 20.7 Å². The zero-order chi connectivity index (χ0) is 18.9. The van der Waals surface area contributed by atoms with Crippen molar-refractivity contribution < 1.29 is 13.2 Å². The van der Waals surface area contributed by atoms with E-state index in [1.54, 1.807) is 18.2 Å². The molecule has 138 valence electrons. The zero-order valence-corrected chi connectivity index (χ0v) is 16.5. The molecule has 1 fully saturated rings. The van der Waals surface area contributed by atoms with Crippen LogP contribution in [0.25, 0.3) is 0 Å². The van der Waals surface area contributed by atoms with Crippen LogP contribution >= 0.6 is 23.2 Å². The molecule has 0 aliphatic carbocycles. The number of nitrogens with zero attached hydrogens (tertiary/aromatic N) is 2. The standard InChI is InChI=1S/C18H18Cl2N2O3S/c1-13(23)14-5-7-15(8-6-14)21-9-11-22(12-10-21)26(24,25)18-16(19)3-2-4-17(18)20/h2-8H,9-12H2,1H3. The summed E-state index contributed by atoms with van der Waals surface area (Å²) in [4.78, 5) is 13.4. The van der Waals surface area contributed by atoms with Crippen LogP contribution in [-0.4, -0.2) is 44.7 Å². The fourth-order valence-corrected chi connectivity index (χ4v) is 5.47. The number of halogens is 2. The Morgan fingerprint density at radius 1 is 0.923 bits per heavy atom. The van der Waals surface area contributed by atoms with Crippen molar-refractivity contribution in [3.05, 3.63) is 58.1 Å². The van der Waals surface area contributed by atoms with Crippen molar-refractivity contribution in [2.45, 2.75) is 11.8 Å². The van der Waals surface area contributed by atoms with Gasteiger partial charge in [0.2, 0.25) is 10.0 Å². The largest absolute Gasteiger partial charge is 0.369 e. The lowest BCUT2D eigenvalue weighted by Gasteiger charge is -2.35. The van der Waals surface area contributed by atoms with Gasteiger partial charge >= 0.3 is 0 Å². The van der Waals surface area contributed by atoms with E-state index in [0.717, 1.165) is 5.69 Å². The molecule has 5 nitrogen and oxygen atoms in total. The molecule has 0 bridgehead atoms. The molecule has 0 radical (unpaired) electrons. The summed E-state index contributed by atoms with van der Waals surface area (Å²) in [5.41, 5.74) is 1.62. The molecule has 1 aliphatic heterocycles. The van der Waals surface area contributed by atoms with Gasteiger partial charge in [0, 0.05) is 37.4 Å². The van der Waals surface area contributed by atoms with Gasteiger partial charge in [-0.1, -0.05) is 29.3 Å². The van der Waals surface area contributed by atoms with Crippen molar-refractivity contribution in [2.75, 3.05) is 31.1 Å². The number of hydrogen-bond acceptors (Lipinski definition) is 4. The van der Waals surface area contributed by atoms with E-state index < -0.39 is 10.0 Å². The highest BCUT2D eigenvalue weighted by atomic mass is 35.5. The SMILES string of the molecule is CC(=O)c1ccc(N2CCN(S(=O)(=O)c3c(Cl)cccc3Cl)CC2)cc1. The van der Waals surface area contributed by atoms with E-state index in [1.165, 1.54) is 23.4 Å². The average Bonchev–Trinajstić information content (AvgIpc) is 2.61. The molecule has 26 heavy (non-hydrogen) atoms. The highest BCUT2D eigenvalue weighted by molar-refractivity contribution is 7.89. The van der Waals surface area contributed by atoms with Gasteiger partial charge in [0.25, 0.3) is 0 Å². The molecule has 0 unspecified atom stereocenters. The molecule has 0 aromatic heterocycles. The van der Waals surface area contributed by atoms with Gasteiger partial charge in [0.05, 0.1) is 10.0 Å². The van der Waals surface area contributed by atoms with Crippen LogP contribution in [-0.2, 0) is 10.0 Å². The molecule has 0 amide bonds. The Kier molecular flexibility index (Phi) is 5.58. The van der Waals surface area contributed by atoms with Crippen molar-refractivity contribution in [1.82, 2.24) is 4.31 Å². The molecule has 8 heteroatoms. The van der Waals surface area contributed by atoms with E-state index in [2.05, 4.69) is 4.90 Å². The van der Waals surface area contributed by atoms with Gasteiger partial charge in [-0.2, -0.15) is 4.31 Å². The number of rotatable bonds is 4. The first kappa shape index (κ1) is 19.2. The van der Waals surface area contributed by atoms with Crippen LogP contribution in [0.3, 0.4) is 0 Å². The monoisotopic (exact) mass is 412 g/mol. The third kappa shape index (κ3) is 3.74. The van der Waals surface area contributed by atoms with Crippen molar-refractivity contribution in [3.63, 3.8) is 0 Å². The van der Waals surface area contributed by atoms with Crippen LogP contribution in [0.5, 0.6) is 0 Å². The average molecular weight is 413 g/mol. The second kappa shape index (κ2) is 7.56. The Morgan fingerprint density at radius 3 is 1.96 bits per heavy atom. The number of carbonyl (C=O) groups is 1. The number of ketones is 1. The number of benzene rings is 2. The summed E-state index contributed by atoms with van der Waals surface area (Å²) in [6, 6.07) is 12.0. The number of piperazine rings is 1. The summed E-state index contributed by atoms with van der Waals surface area (Å²) in [5.74, 6) is 0.0177. The van der Waals surface area contributed by atoms with Gasteiger partial charge in [-0.05, 0) is 43.3 Å². The summed E-state index contributed by atoms with van der Waals surface area (Å²) >= 11 is 12.1. The molecule has 0 saturated carbocycles. The Balaban J connectivity index is 1.75. The molecule has 2 aromatic carbocycles. The van der Waals surface area contributed by atoms with E-state index in [4.69, 9.17) is 23.2 Å². The number of hydrogen-bond donors (Lipinski definition) is 0. The van der Waals surface area contributed by atoms with Crippen molar-refractivity contribution in [3.8, 4) is 0 Å². The third-order valence-corrected chi connectivity index (χ3v) is 7.25. The number of anilines is 1.